The van der Waals surface area contributed by atoms with Crippen molar-refractivity contribution < 1.29 is 13.6 Å². The molecule has 1 saturated carbocycles. The molecule has 6 rings (SSSR count). The van der Waals surface area contributed by atoms with Gasteiger partial charge in [-0.15, -0.1) is 0 Å². The number of nitriles is 1. The molecule has 0 aromatic carbocycles. The maximum atomic E-state index is 13.1. The lowest BCUT2D eigenvalue weighted by Gasteiger charge is -2.39. The first-order valence-corrected chi connectivity index (χ1v) is 12.1. The summed E-state index contributed by atoms with van der Waals surface area (Å²) in [5, 5.41) is 17.8. The summed E-state index contributed by atoms with van der Waals surface area (Å²) in [4.78, 5) is 30.4. The summed E-state index contributed by atoms with van der Waals surface area (Å²) in [6, 6.07) is 7.01. The molecule has 1 aliphatic heterocycles. The van der Waals surface area contributed by atoms with E-state index in [1.54, 1.807) is 24.5 Å². The lowest BCUT2D eigenvalue weighted by Crippen LogP contribution is -2.50. The molecule has 2 aliphatic rings. The molecule has 0 saturated heterocycles. The van der Waals surface area contributed by atoms with E-state index in [-0.39, 0.29) is 25.0 Å². The molecule has 1 aliphatic carbocycles. The zero-order chi connectivity index (χ0) is 26.3. The van der Waals surface area contributed by atoms with Gasteiger partial charge in [-0.05, 0) is 24.6 Å². The number of rotatable bonds is 6. The summed E-state index contributed by atoms with van der Waals surface area (Å²) in [5.74, 6) is -3.18. The summed E-state index contributed by atoms with van der Waals surface area (Å²) >= 11 is 0. The molecule has 10 nitrogen and oxygen atoms in total. The van der Waals surface area contributed by atoms with Crippen molar-refractivity contribution in [3.05, 3.63) is 67.3 Å². The Morgan fingerprint density at radius 3 is 2.84 bits per heavy atom. The molecule has 1 atom stereocenters. The molecule has 4 aromatic heterocycles. The minimum absolute atomic E-state index is 0.158. The highest BCUT2D eigenvalue weighted by Gasteiger charge is 2.46. The van der Waals surface area contributed by atoms with E-state index in [1.807, 2.05) is 40.3 Å². The van der Waals surface area contributed by atoms with E-state index in [0.29, 0.717) is 13.0 Å². The molecule has 192 valence electrons. The quantitative estimate of drug-likeness (QED) is 0.400. The van der Waals surface area contributed by atoms with Gasteiger partial charge >= 0.3 is 0 Å². The summed E-state index contributed by atoms with van der Waals surface area (Å²) < 4.78 is 28.0. The average molecular weight is 516 g/mol. The summed E-state index contributed by atoms with van der Waals surface area (Å²) in [5.41, 5.74) is 2.55. The van der Waals surface area contributed by atoms with Crippen LogP contribution < -0.4 is 10.2 Å². The number of hydrogen-bond donors (Lipinski definition) is 2. The third-order valence-corrected chi connectivity index (χ3v) is 7.09. The molecule has 0 spiro atoms. The highest BCUT2D eigenvalue weighted by molar-refractivity contribution is 5.93. The van der Waals surface area contributed by atoms with Crippen LogP contribution in [0.4, 0.5) is 14.5 Å². The van der Waals surface area contributed by atoms with Crippen LogP contribution in [0.3, 0.4) is 0 Å². The molecule has 1 fully saturated rings. The maximum absolute atomic E-state index is 13.1. The van der Waals surface area contributed by atoms with E-state index >= 15 is 0 Å². The second-order valence-electron chi connectivity index (χ2n) is 9.75. The first kappa shape index (κ1) is 23.7. The van der Waals surface area contributed by atoms with Crippen molar-refractivity contribution in [2.75, 3.05) is 11.4 Å². The molecule has 5 heterocycles. The number of aromatic amines is 1. The molecule has 2 N–H and O–H groups in total. The number of nitrogens with zero attached hydrogens (tertiary/aromatic N) is 7. The van der Waals surface area contributed by atoms with Crippen LogP contribution in [-0.2, 0) is 5.54 Å². The monoisotopic (exact) mass is 515 g/mol. The third-order valence-electron chi connectivity index (χ3n) is 7.09. The number of allylic oxidation sites excluding steroid dienone is 1. The van der Waals surface area contributed by atoms with Gasteiger partial charge in [0.15, 0.2) is 0 Å². The topological polar surface area (TPSA) is 128 Å². The van der Waals surface area contributed by atoms with E-state index in [9.17, 15) is 18.8 Å². The SMILES string of the molecule is N#CCC1(n2cc(-c3ncnc4[nH]ccc34)cn2)CC=CN(c2ccc(C(=O)NC3CC(F)(F)C3)nc2)C1. The van der Waals surface area contributed by atoms with Crippen molar-refractivity contribution in [1.29, 1.82) is 5.26 Å². The Morgan fingerprint density at radius 2 is 2.08 bits per heavy atom. The molecule has 38 heavy (non-hydrogen) atoms. The van der Waals surface area contributed by atoms with Crippen LogP contribution in [0.25, 0.3) is 22.3 Å². The fraction of sp³-hybridized carbons (Fsp3) is 0.308. The highest BCUT2D eigenvalue weighted by Crippen LogP contribution is 2.38. The van der Waals surface area contributed by atoms with Gasteiger partial charge in [-0.3, -0.25) is 9.48 Å². The minimum Gasteiger partial charge on any atom is -0.348 e. The molecule has 1 unspecified atom stereocenters. The van der Waals surface area contributed by atoms with E-state index in [1.165, 1.54) is 6.33 Å². The van der Waals surface area contributed by atoms with Gasteiger partial charge in [0.2, 0.25) is 0 Å². The number of alkyl halides is 2. The highest BCUT2D eigenvalue weighted by atomic mass is 19.3. The van der Waals surface area contributed by atoms with Gasteiger partial charge in [0, 0.05) is 55.0 Å². The fourth-order valence-electron chi connectivity index (χ4n) is 5.05. The first-order valence-electron chi connectivity index (χ1n) is 12.1. The Balaban J connectivity index is 1.22. The lowest BCUT2D eigenvalue weighted by atomic mass is 9.88. The van der Waals surface area contributed by atoms with E-state index in [2.05, 4.69) is 36.4 Å². The molecule has 0 radical (unpaired) electrons. The largest absolute Gasteiger partial charge is 0.348 e. The van der Waals surface area contributed by atoms with Gasteiger partial charge in [0.05, 0.1) is 41.8 Å². The molecule has 12 heteroatoms. The second kappa shape index (κ2) is 9.02. The number of fused-ring (bicyclic) bond motifs is 1. The normalized spacial score (nSPS) is 20.7. The van der Waals surface area contributed by atoms with Crippen molar-refractivity contribution in [3.63, 3.8) is 0 Å². The minimum atomic E-state index is -2.70. The zero-order valence-corrected chi connectivity index (χ0v) is 20.2. The van der Waals surface area contributed by atoms with Crippen molar-refractivity contribution >= 4 is 22.6 Å². The summed E-state index contributed by atoms with van der Waals surface area (Å²) in [6.45, 7) is 0.450. The summed E-state index contributed by atoms with van der Waals surface area (Å²) in [6.07, 6.45) is 12.5. The molecule has 0 bridgehead atoms. The van der Waals surface area contributed by atoms with Gasteiger partial charge < -0.3 is 15.2 Å². The number of hydrogen-bond acceptors (Lipinski definition) is 7. The van der Waals surface area contributed by atoms with Crippen LogP contribution in [0.15, 0.2) is 61.6 Å². The molecular weight excluding hydrogens is 492 g/mol. The van der Waals surface area contributed by atoms with Crippen LogP contribution in [-0.4, -0.2) is 54.1 Å². The van der Waals surface area contributed by atoms with E-state index in [4.69, 9.17) is 0 Å². The number of pyridine rings is 1. The summed E-state index contributed by atoms with van der Waals surface area (Å²) in [7, 11) is 0. The Labute approximate surface area is 216 Å². The van der Waals surface area contributed by atoms with Gasteiger partial charge in [0.25, 0.3) is 11.8 Å². The zero-order valence-electron chi connectivity index (χ0n) is 20.2. The van der Waals surface area contributed by atoms with Gasteiger partial charge in [-0.2, -0.15) is 10.4 Å². The van der Waals surface area contributed by atoms with Crippen molar-refractivity contribution in [2.24, 2.45) is 0 Å². The standard InChI is InChI=1S/C26H23F2N9O/c27-26(28)10-18(11-26)35-24(38)21-3-2-19(13-31-21)36-9-1-5-25(15-36,6-7-29)37-14-17(12-34-37)22-20-4-8-30-23(20)33-16-32-22/h1-4,8-9,12-14,16,18H,5-6,10-11,15H2,(H,35,38)(H,30,32,33). The Bertz CT molecular complexity index is 1560. The second-order valence-corrected chi connectivity index (χ2v) is 9.75. The number of halogens is 2. The van der Waals surface area contributed by atoms with Gasteiger partial charge in [-0.1, -0.05) is 6.08 Å². The molecule has 4 aromatic rings. The van der Waals surface area contributed by atoms with Crippen LogP contribution in [0, 0.1) is 11.3 Å². The number of anilines is 1. The predicted molar refractivity (Wildman–Crippen MR) is 134 cm³/mol. The lowest BCUT2D eigenvalue weighted by molar-refractivity contribution is -0.0901. The van der Waals surface area contributed by atoms with Crippen LogP contribution in [0.1, 0.15) is 36.2 Å². The number of amides is 1. The van der Waals surface area contributed by atoms with Crippen molar-refractivity contribution in [3.8, 4) is 17.3 Å². The number of H-pyrrole nitrogens is 1. The number of carbonyl (C=O) groups is 1. The smallest absolute Gasteiger partial charge is 0.270 e. The fourth-order valence-corrected chi connectivity index (χ4v) is 5.05. The van der Waals surface area contributed by atoms with Crippen molar-refractivity contribution in [2.45, 2.75) is 43.2 Å². The molecule has 1 amide bonds. The Morgan fingerprint density at radius 1 is 1.21 bits per heavy atom. The van der Waals surface area contributed by atoms with Gasteiger partial charge in [0.1, 0.15) is 17.7 Å². The Kier molecular flexibility index (Phi) is 5.63. The third kappa shape index (κ3) is 4.26. The van der Waals surface area contributed by atoms with E-state index in [0.717, 1.165) is 28.0 Å². The number of nitrogens with one attached hydrogen (secondary N) is 2. The average Bonchev–Trinajstić information content (AvgIpc) is 3.58. The number of aromatic nitrogens is 6. The van der Waals surface area contributed by atoms with Crippen LogP contribution in [0.5, 0.6) is 0 Å². The number of carbonyl (C=O) groups excluding carboxylic acids is 1. The van der Waals surface area contributed by atoms with Crippen molar-refractivity contribution in [1.82, 2.24) is 35.0 Å². The van der Waals surface area contributed by atoms with Gasteiger partial charge in [-0.25, -0.2) is 23.7 Å². The predicted octanol–water partition coefficient (Wildman–Crippen LogP) is 3.78. The van der Waals surface area contributed by atoms with E-state index < -0.39 is 23.4 Å². The Hall–Kier alpha value is -4.66. The first-order chi connectivity index (χ1) is 18.4. The van der Waals surface area contributed by atoms with Crippen LogP contribution in [0.2, 0.25) is 0 Å². The molecular formula is C26H23F2N9O. The van der Waals surface area contributed by atoms with Crippen LogP contribution >= 0.6 is 0 Å². The maximum Gasteiger partial charge on any atom is 0.270 e.